The fourth-order valence-electron chi connectivity index (χ4n) is 3.27. The average molecular weight is 317 g/mol. The van der Waals surface area contributed by atoms with Crippen LogP contribution in [-0.2, 0) is 6.54 Å². The van der Waals surface area contributed by atoms with Crippen LogP contribution < -0.4 is 9.80 Å². The molecule has 3 rings (SSSR count). The van der Waals surface area contributed by atoms with Gasteiger partial charge in [-0.15, -0.1) is 0 Å². The molecule has 2 aromatic rings. The fourth-order valence-corrected chi connectivity index (χ4v) is 3.27. The minimum atomic E-state index is -0.436. The Bertz CT molecular complexity index is 672. The number of benzene rings is 2. The summed E-state index contributed by atoms with van der Waals surface area (Å²) in [4.78, 5) is 3.61. The minimum absolute atomic E-state index is 0.211. The van der Waals surface area contributed by atoms with Gasteiger partial charge in [-0.2, -0.15) is 0 Å². The third-order valence-corrected chi connectivity index (χ3v) is 4.88. The Balaban J connectivity index is 1.66. The summed E-state index contributed by atoms with van der Waals surface area (Å²) in [5.74, 6) is -0.871. The molecule has 0 aliphatic carbocycles. The highest BCUT2D eigenvalue weighted by atomic mass is 19.1. The van der Waals surface area contributed by atoms with Crippen molar-refractivity contribution < 1.29 is 13.7 Å². The Morgan fingerprint density at radius 3 is 2.22 bits per heavy atom. The number of aryl methyl sites for hydroxylation is 1. The smallest absolute Gasteiger partial charge is 0.135 e. The molecule has 1 N–H and O–H groups in total. The van der Waals surface area contributed by atoms with Gasteiger partial charge in [-0.3, -0.25) is 0 Å². The predicted molar refractivity (Wildman–Crippen MR) is 88.9 cm³/mol. The number of anilines is 1. The van der Waals surface area contributed by atoms with Crippen LogP contribution in [0.15, 0.2) is 36.4 Å². The van der Waals surface area contributed by atoms with Gasteiger partial charge >= 0.3 is 0 Å². The van der Waals surface area contributed by atoms with Crippen LogP contribution in [0, 0.1) is 25.5 Å². The molecular weight excluding hydrogens is 294 g/mol. The molecule has 1 heterocycles. The van der Waals surface area contributed by atoms with Crippen molar-refractivity contribution in [2.45, 2.75) is 20.4 Å². The second-order valence-electron chi connectivity index (χ2n) is 6.33. The zero-order chi connectivity index (χ0) is 16.4. The Labute approximate surface area is 136 Å². The summed E-state index contributed by atoms with van der Waals surface area (Å²) >= 11 is 0. The van der Waals surface area contributed by atoms with Gasteiger partial charge in [0.25, 0.3) is 0 Å². The molecular formula is C19H23F2N2+. The van der Waals surface area contributed by atoms with Crippen LogP contribution in [0.3, 0.4) is 0 Å². The monoisotopic (exact) mass is 317 g/mol. The Kier molecular flexibility index (Phi) is 4.62. The van der Waals surface area contributed by atoms with E-state index in [0.29, 0.717) is 6.54 Å². The summed E-state index contributed by atoms with van der Waals surface area (Å²) in [5, 5.41) is 0. The lowest BCUT2D eigenvalue weighted by Crippen LogP contribution is -3.13. The number of nitrogens with one attached hydrogen (secondary N) is 1. The molecule has 2 nitrogen and oxygen atoms in total. The van der Waals surface area contributed by atoms with Crippen LogP contribution in [0.1, 0.15) is 16.7 Å². The first-order chi connectivity index (χ1) is 11.1. The zero-order valence-electron chi connectivity index (χ0n) is 13.7. The van der Waals surface area contributed by atoms with E-state index >= 15 is 0 Å². The van der Waals surface area contributed by atoms with Crippen molar-refractivity contribution in [3.05, 3.63) is 64.7 Å². The summed E-state index contributed by atoms with van der Waals surface area (Å²) in [5.41, 5.74) is 4.10. The molecule has 23 heavy (non-hydrogen) atoms. The number of hydrogen-bond donors (Lipinski definition) is 1. The Hall–Kier alpha value is -1.94. The van der Waals surface area contributed by atoms with Crippen molar-refractivity contribution in [1.82, 2.24) is 0 Å². The molecule has 1 aliphatic rings. The number of quaternary nitrogens is 1. The van der Waals surface area contributed by atoms with E-state index in [1.54, 1.807) is 0 Å². The van der Waals surface area contributed by atoms with E-state index in [2.05, 4.69) is 36.9 Å². The maximum atomic E-state index is 13.8. The van der Waals surface area contributed by atoms with Crippen molar-refractivity contribution in [2.24, 2.45) is 0 Å². The number of rotatable bonds is 3. The van der Waals surface area contributed by atoms with Crippen molar-refractivity contribution in [3.8, 4) is 0 Å². The summed E-state index contributed by atoms with van der Waals surface area (Å²) in [7, 11) is 0. The molecule has 1 fully saturated rings. The van der Waals surface area contributed by atoms with E-state index in [-0.39, 0.29) is 5.56 Å². The summed E-state index contributed by atoms with van der Waals surface area (Å²) in [6, 6.07) is 10.5. The van der Waals surface area contributed by atoms with Crippen LogP contribution in [0.4, 0.5) is 14.5 Å². The lowest BCUT2D eigenvalue weighted by Gasteiger charge is -2.34. The van der Waals surface area contributed by atoms with E-state index < -0.39 is 11.6 Å². The van der Waals surface area contributed by atoms with Crippen LogP contribution in [0.5, 0.6) is 0 Å². The first kappa shape index (κ1) is 15.9. The molecule has 0 amide bonds. The van der Waals surface area contributed by atoms with Gasteiger partial charge in [-0.05, 0) is 43.2 Å². The number of nitrogens with zero attached hydrogens (tertiary/aromatic N) is 1. The maximum absolute atomic E-state index is 13.8. The molecule has 2 aromatic carbocycles. The molecule has 122 valence electrons. The summed E-state index contributed by atoms with van der Waals surface area (Å²) < 4.78 is 27.6. The third-order valence-electron chi connectivity index (χ3n) is 4.88. The standard InChI is InChI=1S/C19H22F2N2/c1-14-5-3-8-19(15(14)2)23-11-9-22(10-12-23)13-16-17(20)6-4-7-18(16)21/h3-8H,9-13H2,1-2H3/p+1. The van der Waals surface area contributed by atoms with Crippen molar-refractivity contribution >= 4 is 5.69 Å². The van der Waals surface area contributed by atoms with Gasteiger partial charge in [0.15, 0.2) is 0 Å². The third kappa shape index (κ3) is 3.37. The normalized spacial score (nSPS) is 15.9. The first-order valence-corrected chi connectivity index (χ1v) is 8.14. The fraction of sp³-hybridized carbons (Fsp3) is 0.368. The number of piperazine rings is 1. The Morgan fingerprint density at radius 2 is 1.57 bits per heavy atom. The lowest BCUT2D eigenvalue weighted by atomic mass is 10.1. The highest BCUT2D eigenvalue weighted by Crippen LogP contribution is 2.22. The molecule has 1 saturated heterocycles. The number of halogens is 2. The summed E-state index contributed by atoms with van der Waals surface area (Å²) in [6.45, 7) is 8.30. The van der Waals surface area contributed by atoms with Gasteiger partial charge in [0.2, 0.25) is 0 Å². The van der Waals surface area contributed by atoms with E-state index in [0.717, 1.165) is 26.2 Å². The molecule has 4 heteroatoms. The van der Waals surface area contributed by atoms with Gasteiger partial charge in [0.1, 0.15) is 18.2 Å². The topological polar surface area (TPSA) is 7.68 Å². The molecule has 0 bridgehead atoms. The van der Waals surface area contributed by atoms with Crippen LogP contribution >= 0.6 is 0 Å². The number of hydrogen-bond acceptors (Lipinski definition) is 1. The first-order valence-electron chi connectivity index (χ1n) is 8.14. The van der Waals surface area contributed by atoms with Crippen molar-refractivity contribution in [3.63, 3.8) is 0 Å². The molecule has 0 unspecified atom stereocenters. The maximum Gasteiger partial charge on any atom is 0.135 e. The highest BCUT2D eigenvalue weighted by Gasteiger charge is 2.23. The molecule has 0 saturated carbocycles. The van der Waals surface area contributed by atoms with E-state index in [9.17, 15) is 8.78 Å². The molecule has 0 spiro atoms. The van der Waals surface area contributed by atoms with Crippen molar-refractivity contribution in [2.75, 3.05) is 31.1 Å². The van der Waals surface area contributed by atoms with Gasteiger partial charge in [0, 0.05) is 5.69 Å². The quantitative estimate of drug-likeness (QED) is 0.914. The zero-order valence-corrected chi connectivity index (χ0v) is 13.7. The molecule has 0 atom stereocenters. The molecule has 0 aromatic heterocycles. The largest absolute Gasteiger partial charge is 0.360 e. The van der Waals surface area contributed by atoms with E-state index in [4.69, 9.17) is 0 Å². The van der Waals surface area contributed by atoms with Gasteiger partial charge in [-0.1, -0.05) is 18.2 Å². The predicted octanol–water partition coefficient (Wildman–Crippen LogP) is 2.49. The van der Waals surface area contributed by atoms with Crippen LogP contribution in [0.2, 0.25) is 0 Å². The summed E-state index contributed by atoms with van der Waals surface area (Å²) in [6.07, 6.45) is 0. The van der Waals surface area contributed by atoms with Crippen LogP contribution in [0.25, 0.3) is 0 Å². The minimum Gasteiger partial charge on any atom is -0.360 e. The SMILES string of the molecule is Cc1cccc(N2CC[NH+](Cc3c(F)cccc3F)CC2)c1C. The average Bonchev–Trinajstić information content (AvgIpc) is 2.54. The lowest BCUT2D eigenvalue weighted by molar-refractivity contribution is -0.914. The van der Waals surface area contributed by atoms with Gasteiger partial charge in [-0.25, -0.2) is 8.78 Å². The molecule has 1 aliphatic heterocycles. The van der Waals surface area contributed by atoms with Crippen LogP contribution in [-0.4, -0.2) is 26.2 Å². The molecule has 0 radical (unpaired) electrons. The second kappa shape index (κ2) is 6.67. The highest BCUT2D eigenvalue weighted by molar-refractivity contribution is 5.56. The van der Waals surface area contributed by atoms with Gasteiger partial charge < -0.3 is 9.80 Å². The van der Waals surface area contributed by atoms with Gasteiger partial charge in [0.05, 0.1) is 31.7 Å². The second-order valence-corrected chi connectivity index (χ2v) is 6.33. The van der Waals surface area contributed by atoms with Crippen molar-refractivity contribution in [1.29, 1.82) is 0 Å². The van der Waals surface area contributed by atoms with E-state index in [1.165, 1.54) is 39.9 Å². The van der Waals surface area contributed by atoms with E-state index in [1.807, 2.05) is 0 Å². The Morgan fingerprint density at radius 1 is 0.957 bits per heavy atom.